The van der Waals surface area contributed by atoms with Crippen LogP contribution in [-0.2, 0) is 9.57 Å². The molecule has 1 amide bonds. The van der Waals surface area contributed by atoms with Crippen LogP contribution in [0.2, 0.25) is 0 Å². The number of carbonyl (C=O) groups is 1. The number of benzene rings is 1. The molecule has 0 bridgehead atoms. The lowest BCUT2D eigenvalue weighted by atomic mass is 10.1. The molecule has 1 heterocycles. The second-order valence-corrected chi connectivity index (χ2v) is 4.57. The summed E-state index contributed by atoms with van der Waals surface area (Å²) in [5.74, 6) is -0.149. The van der Waals surface area contributed by atoms with Crippen molar-refractivity contribution in [3.05, 3.63) is 35.4 Å². The summed E-state index contributed by atoms with van der Waals surface area (Å²) in [6.45, 7) is 2.70. The number of hydrogen-bond acceptors (Lipinski definition) is 3. The summed E-state index contributed by atoms with van der Waals surface area (Å²) in [5.41, 5.74) is 1.75. The average molecular weight is 249 g/mol. The monoisotopic (exact) mass is 249 g/mol. The minimum absolute atomic E-state index is 0.149. The molecule has 0 aliphatic carbocycles. The van der Waals surface area contributed by atoms with Crippen LogP contribution in [0.25, 0.3) is 0 Å². The molecule has 1 aromatic carbocycles. The topological polar surface area (TPSA) is 38.8 Å². The first-order valence-corrected chi connectivity index (χ1v) is 6.30. The first-order chi connectivity index (χ1) is 8.66. The van der Waals surface area contributed by atoms with Gasteiger partial charge >= 0.3 is 0 Å². The standard InChI is InChI=1S/C14H19NO3/c1-11-6-8-12(9-7-11)14(16)15(2)18-13-5-3-4-10-17-13/h6-9,13H,3-5,10H2,1-2H3. The van der Waals surface area contributed by atoms with Crippen molar-refractivity contribution in [1.29, 1.82) is 0 Å². The maximum atomic E-state index is 12.1. The summed E-state index contributed by atoms with van der Waals surface area (Å²) in [6, 6.07) is 7.44. The highest BCUT2D eigenvalue weighted by atomic mass is 16.8. The molecule has 1 unspecified atom stereocenters. The quantitative estimate of drug-likeness (QED) is 0.773. The highest BCUT2D eigenvalue weighted by molar-refractivity contribution is 5.93. The van der Waals surface area contributed by atoms with Gasteiger partial charge in [-0.25, -0.2) is 9.90 Å². The Kier molecular flexibility index (Phi) is 4.33. The van der Waals surface area contributed by atoms with E-state index in [4.69, 9.17) is 9.57 Å². The molecule has 0 saturated carbocycles. The van der Waals surface area contributed by atoms with E-state index in [1.807, 2.05) is 19.1 Å². The Morgan fingerprint density at radius 3 is 2.67 bits per heavy atom. The minimum atomic E-state index is -0.293. The van der Waals surface area contributed by atoms with E-state index in [-0.39, 0.29) is 12.2 Å². The van der Waals surface area contributed by atoms with Gasteiger partial charge in [-0.3, -0.25) is 4.79 Å². The zero-order valence-corrected chi connectivity index (χ0v) is 10.9. The Morgan fingerprint density at radius 1 is 1.33 bits per heavy atom. The summed E-state index contributed by atoms with van der Waals surface area (Å²) in [4.78, 5) is 17.6. The Hall–Kier alpha value is -1.39. The predicted octanol–water partition coefficient (Wildman–Crippen LogP) is 2.53. The molecule has 0 N–H and O–H groups in total. The molecule has 1 aliphatic rings. The van der Waals surface area contributed by atoms with E-state index in [0.29, 0.717) is 12.2 Å². The Balaban J connectivity index is 1.93. The van der Waals surface area contributed by atoms with E-state index in [1.165, 1.54) is 5.06 Å². The molecule has 4 heteroatoms. The molecule has 18 heavy (non-hydrogen) atoms. The van der Waals surface area contributed by atoms with Crippen LogP contribution in [0.4, 0.5) is 0 Å². The summed E-state index contributed by atoms with van der Waals surface area (Å²) in [6.07, 6.45) is 2.69. The highest BCUT2D eigenvalue weighted by Gasteiger charge is 2.20. The molecule has 0 spiro atoms. The second-order valence-electron chi connectivity index (χ2n) is 4.57. The van der Waals surface area contributed by atoms with Gasteiger partial charge in [0.2, 0.25) is 0 Å². The summed E-state index contributed by atoms with van der Waals surface area (Å²) in [5, 5.41) is 1.26. The van der Waals surface area contributed by atoms with E-state index in [9.17, 15) is 4.79 Å². The molecule has 1 atom stereocenters. The third-order valence-corrected chi connectivity index (χ3v) is 3.00. The summed E-state index contributed by atoms with van der Waals surface area (Å²) in [7, 11) is 1.63. The van der Waals surface area contributed by atoms with E-state index < -0.39 is 0 Å². The summed E-state index contributed by atoms with van der Waals surface area (Å²) >= 11 is 0. The fourth-order valence-electron chi connectivity index (χ4n) is 1.90. The van der Waals surface area contributed by atoms with Crippen molar-refractivity contribution in [3.63, 3.8) is 0 Å². The van der Waals surface area contributed by atoms with Gasteiger partial charge in [0.05, 0.1) is 0 Å². The van der Waals surface area contributed by atoms with Crippen LogP contribution in [0, 0.1) is 6.92 Å². The molecule has 1 aromatic rings. The lowest BCUT2D eigenvalue weighted by Crippen LogP contribution is -2.34. The number of ether oxygens (including phenoxy) is 1. The van der Waals surface area contributed by atoms with Crippen molar-refractivity contribution in [2.45, 2.75) is 32.5 Å². The van der Waals surface area contributed by atoms with Crippen LogP contribution in [0.15, 0.2) is 24.3 Å². The van der Waals surface area contributed by atoms with Crippen molar-refractivity contribution in [1.82, 2.24) is 5.06 Å². The summed E-state index contributed by atoms with van der Waals surface area (Å²) < 4.78 is 5.44. The largest absolute Gasteiger partial charge is 0.350 e. The van der Waals surface area contributed by atoms with Crippen LogP contribution in [0.3, 0.4) is 0 Å². The molecule has 1 saturated heterocycles. The normalized spacial score (nSPS) is 19.6. The molecule has 2 rings (SSSR count). The van der Waals surface area contributed by atoms with Crippen molar-refractivity contribution < 1.29 is 14.4 Å². The maximum absolute atomic E-state index is 12.1. The smallest absolute Gasteiger partial charge is 0.277 e. The van der Waals surface area contributed by atoms with Crippen molar-refractivity contribution in [2.24, 2.45) is 0 Å². The zero-order chi connectivity index (χ0) is 13.0. The number of hydrogen-bond donors (Lipinski definition) is 0. The van der Waals surface area contributed by atoms with Gasteiger partial charge in [0.25, 0.3) is 5.91 Å². The average Bonchev–Trinajstić information content (AvgIpc) is 2.40. The zero-order valence-electron chi connectivity index (χ0n) is 10.9. The van der Waals surface area contributed by atoms with Gasteiger partial charge < -0.3 is 4.74 Å². The van der Waals surface area contributed by atoms with Gasteiger partial charge in [-0.15, -0.1) is 0 Å². The fourth-order valence-corrected chi connectivity index (χ4v) is 1.90. The van der Waals surface area contributed by atoms with Gasteiger partial charge in [-0.05, 0) is 31.9 Å². The molecule has 1 fully saturated rings. The first kappa shape index (κ1) is 13.1. The van der Waals surface area contributed by atoms with Gasteiger partial charge in [0.15, 0.2) is 6.29 Å². The molecule has 0 radical (unpaired) electrons. The van der Waals surface area contributed by atoms with E-state index in [2.05, 4.69) is 0 Å². The number of rotatable bonds is 3. The van der Waals surface area contributed by atoms with Crippen LogP contribution in [0.1, 0.15) is 35.2 Å². The third kappa shape index (κ3) is 3.31. The van der Waals surface area contributed by atoms with Gasteiger partial charge in [0.1, 0.15) is 0 Å². The molecule has 4 nitrogen and oxygen atoms in total. The molecule has 0 aromatic heterocycles. The van der Waals surface area contributed by atoms with Crippen LogP contribution in [0.5, 0.6) is 0 Å². The van der Waals surface area contributed by atoms with Gasteiger partial charge in [0, 0.05) is 25.6 Å². The molecule has 98 valence electrons. The maximum Gasteiger partial charge on any atom is 0.277 e. The van der Waals surface area contributed by atoms with E-state index in [1.54, 1.807) is 19.2 Å². The SMILES string of the molecule is Cc1ccc(C(=O)N(C)OC2CCCCO2)cc1. The van der Waals surface area contributed by atoms with Crippen LogP contribution >= 0.6 is 0 Å². The van der Waals surface area contributed by atoms with Crippen LogP contribution in [-0.4, -0.2) is 30.9 Å². The second kappa shape index (κ2) is 5.98. The highest BCUT2D eigenvalue weighted by Crippen LogP contribution is 2.16. The van der Waals surface area contributed by atoms with E-state index in [0.717, 1.165) is 24.8 Å². The Labute approximate surface area is 107 Å². The van der Waals surface area contributed by atoms with Crippen molar-refractivity contribution in [2.75, 3.05) is 13.7 Å². The molecule has 1 aliphatic heterocycles. The Bertz CT molecular complexity index is 396. The number of aryl methyl sites for hydroxylation is 1. The predicted molar refractivity (Wildman–Crippen MR) is 67.9 cm³/mol. The molecular weight excluding hydrogens is 230 g/mol. The first-order valence-electron chi connectivity index (χ1n) is 6.30. The van der Waals surface area contributed by atoms with Gasteiger partial charge in [-0.1, -0.05) is 17.7 Å². The molecular formula is C14H19NO3. The Morgan fingerprint density at radius 2 is 2.06 bits per heavy atom. The van der Waals surface area contributed by atoms with Crippen LogP contribution < -0.4 is 0 Å². The minimum Gasteiger partial charge on any atom is -0.350 e. The van der Waals surface area contributed by atoms with E-state index >= 15 is 0 Å². The fraction of sp³-hybridized carbons (Fsp3) is 0.500. The van der Waals surface area contributed by atoms with Gasteiger partial charge in [-0.2, -0.15) is 0 Å². The number of amides is 1. The van der Waals surface area contributed by atoms with Crippen molar-refractivity contribution >= 4 is 5.91 Å². The number of carbonyl (C=O) groups excluding carboxylic acids is 1. The third-order valence-electron chi connectivity index (χ3n) is 3.00. The van der Waals surface area contributed by atoms with Crippen molar-refractivity contribution in [3.8, 4) is 0 Å². The lowest BCUT2D eigenvalue weighted by molar-refractivity contribution is -0.258. The lowest BCUT2D eigenvalue weighted by Gasteiger charge is -2.27. The number of hydroxylamine groups is 2. The number of nitrogens with zero attached hydrogens (tertiary/aromatic N) is 1.